The number of phenols is 1. The van der Waals surface area contributed by atoms with Gasteiger partial charge in [-0.25, -0.2) is 0 Å². The third-order valence-corrected chi connectivity index (χ3v) is 5.64. The van der Waals surface area contributed by atoms with Crippen LogP contribution in [0.15, 0.2) is 24.3 Å². The maximum atomic E-state index is 12.2. The van der Waals surface area contributed by atoms with Gasteiger partial charge in [-0.05, 0) is 12.1 Å². The van der Waals surface area contributed by atoms with Gasteiger partial charge in [0, 0.05) is 12.3 Å². The Morgan fingerprint density at radius 2 is 1.77 bits per heavy atom. The number of benzene rings is 1. The molecule has 0 bridgehead atoms. The summed E-state index contributed by atoms with van der Waals surface area (Å²) in [5.74, 6) is 0.162. The molecule has 0 radical (unpaired) electrons. The predicted molar refractivity (Wildman–Crippen MR) is 56.4 cm³/mol. The van der Waals surface area contributed by atoms with Crippen LogP contribution < -0.4 is 5.30 Å². The summed E-state index contributed by atoms with van der Waals surface area (Å²) in [4.78, 5) is 0. The topological polar surface area (TPSA) is 37.3 Å². The largest absolute Gasteiger partial charge is 0.507 e. The molecule has 1 aromatic carbocycles. The van der Waals surface area contributed by atoms with Gasteiger partial charge in [-0.1, -0.05) is 26.0 Å². The van der Waals surface area contributed by atoms with Gasteiger partial charge in [-0.15, -0.1) is 0 Å². The molecular weight excluding hydrogens is 183 g/mol. The molecule has 0 atom stereocenters. The van der Waals surface area contributed by atoms with Crippen molar-refractivity contribution >= 4 is 12.4 Å². The highest BCUT2D eigenvalue weighted by atomic mass is 31.2. The van der Waals surface area contributed by atoms with Crippen molar-refractivity contribution in [1.82, 2.24) is 0 Å². The Morgan fingerprint density at radius 3 is 2.23 bits per heavy atom. The molecule has 3 heteroatoms. The minimum Gasteiger partial charge on any atom is -0.507 e. The Bertz CT molecular complexity index is 325. The summed E-state index contributed by atoms with van der Waals surface area (Å²) in [6.45, 7) is 3.80. The van der Waals surface area contributed by atoms with Gasteiger partial charge < -0.3 is 9.67 Å². The van der Waals surface area contributed by atoms with Crippen LogP contribution in [-0.4, -0.2) is 17.4 Å². The van der Waals surface area contributed by atoms with E-state index in [1.54, 1.807) is 18.2 Å². The summed E-state index contributed by atoms with van der Waals surface area (Å²) in [5, 5.41) is 10.2. The first-order valence-electron chi connectivity index (χ1n) is 4.50. The smallest absolute Gasteiger partial charge is 0.126 e. The minimum absolute atomic E-state index is 0.162. The molecule has 0 aliphatic carbocycles. The lowest BCUT2D eigenvalue weighted by Gasteiger charge is -2.15. The third kappa shape index (κ3) is 1.94. The molecule has 0 saturated carbocycles. The number of hydrogen-bond donors (Lipinski definition) is 1. The summed E-state index contributed by atoms with van der Waals surface area (Å²) in [6.07, 6.45) is 1.22. The highest BCUT2D eigenvalue weighted by molar-refractivity contribution is 7.71. The van der Waals surface area contributed by atoms with E-state index in [1.165, 1.54) is 0 Å². The molecule has 0 aliphatic rings. The van der Waals surface area contributed by atoms with E-state index in [0.29, 0.717) is 17.6 Å². The van der Waals surface area contributed by atoms with Crippen LogP contribution in [0.5, 0.6) is 5.75 Å². The quantitative estimate of drug-likeness (QED) is 0.757. The number of phenolic OH excluding ortho intramolecular Hbond substituents is 1. The molecule has 0 saturated heterocycles. The van der Waals surface area contributed by atoms with Crippen molar-refractivity contribution in [1.29, 1.82) is 0 Å². The van der Waals surface area contributed by atoms with E-state index in [1.807, 2.05) is 19.9 Å². The molecular formula is C10H15O2P. The summed E-state index contributed by atoms with van der Waals surface area (Å²) < 4.78 is 12.2. The Morgan fingerprint density at radius 1 is 1.23 bits per heavy atom. The molecule has 0 spiro atoms. The van der Waals surface area contributed by atoms with Crippen molar-refractivity contribution < 1.29 is 9.67 Å². The van der Waals surface area contributed by atoms with Crippen LogP contribution in [0.4, 0.5) is 0 Å². The van der Waals surface area contributed by atoms with Gasteiger partial charge in [0.05, 0.1) is 5.30 Å². The van der Waals surface area contributed by atoms with E-state index in [-0.39, 0.29) is 5.75 Å². The fourth-order valence-electron chi connectivity index (χ4n) is 1.37. The van der Waals surface area contributed by atoms with Gasteiger partial charge in [-0.2, -0.15) is 0 Å². The lowest BCUT2D eigenvalue weighted by Crippen LogP contribution is -2.08. The monoisotopic (exact) mass is 198 g/mol. The molecule has 0 aromatic heterocycles. The second-order valence-corrected chi connectivity index (χ2v) is 6.54. The fourth-order valence-corrected chi connectivity index (χ4v) is 3.35. The van der Waals surface area contributed by atoms with Gasteiger partial charge in [0.2, 0.25) is 0 Å². The molecule has 13 heavy (non-hydrogen) atoms. The third-order valence-electron chi connectivity index (χ3n) is 2.34. The number of aromatic hydroxyl groups is 1. The standard InChI is InChI=1S/C10H15O2P/c1-3-13(12,4-2)10-8-6-5-7-9(10)11/h5-8,11H,3-4H2,1-2H3. The molecule has 1 aromatic rings. The summed E-state index contributed by atoms with van der Waals surface area (Å²) >= 11 is 0. The molecule has 2 nitrogen and oxygen atoms in total. The lowest BCUT2D eigenvalue weighted by atomic mass is 10.3. The zero-order chi connectivity index (χ0) is 9.90. The van der Waals surface area contributed by atoms with Crippen LogP contribution in [0, 0.1) is 0 Å². The second-order valence-electron chi connectivity index (χ2n) is 3.01. The molecule has 0 heterocycles. The zero-order valence-electron chi connectivity index (χ0n) is 8.03. The number of hydrogen-bond acceptors (Lipinski definition) is 2. The van der Waals surface area contributed by atoms with E-state index < -0.39 is 7.14 Å². The minimum atomic E-state index is -2.32. The van der Waals surface area contributed by atoms with E-state index in [9.17, 15) is 9.67 Å². The molecule has 0 unspecified atom stereocenters. The van der Waals surface area contributed by atoms with Gasteiger partial charge in [-0.3, -0.25) is 0 Å². The fraction of sp³-hybridized carbons (Fsp3) is 0.400. The van der Waals surface area contributed by atoms with E-state index >= 15 is 0 Å². The maximum Gasteiger partial charge on any atom is 0.126 e. The van der Waals surface area contributed by atoms with Crippen molar-refractivity contribution in [2.24, 2.45) is 0 Å². The van der Waals surface area contributed by atoms with Gasteiger partial charge in [0.1, 0.15) is 12.9 Å². The zero-order valence-corrected chi connectivity index (χ0v) is 8.92. The number of rotatable bonds is 3. The van der Waals surface area contributed by atoms with E-state index in [2.05, 4.69) is 0 Å². The normalized spacial score (nSPS) is 11.5. The Labute approximate surface area is 79.0 Å². The molecule has 0 amide bonds. The summed E-state index contributed by atoms with van der Waals surface area (Å²) in [6, 6.07) is 6.90. The van der Waals surface area contributed by atoms with Gasteiger partial charge >= 0.3 is 0 Å². The van der Waals surface area contributed by atoms with Crippen molar-refractivity contribution in [3.05, 3.63) is 24.3 Å². The van der Waals surface area contributed by atoms with E-state index in [0.717, 1.165) is 0 Å². The van der Waals surface area contributed by atoms with Crippen molar-refractivity contribution in [2.45, 2.75) is 13.8 Å². The van der Waals surface area contributed by atoms with Crippen LogP contribution in [0.2, 0.25) is 0 Å². The average molecular weight is 198 g/mol. The summed E-state index contributed by atoms with van der Waals surface area (Å²) in [7, 11) is -2.32. The summed E-state index contributed by atoms with van der Waals surface area (Å²) in [5.41, 5.74) is 0. The van der Waals surface area contributed by atoms with Crippen LogP contribution in [0.1, 0.15) is 13.8 Å². The van der Waals surface area contributed by atoms with Gasteiger partial charge in [0.15, 0.2) is 0 Å². The molecule has 0 aliphatic heterocycles. The van der Waals surface area contributed by atoms with Crippen molar-refractivity contribution in [3.8, 4) is 5.75 Å². The Hall–Kier alpha value is -0.750. The van der Waals surface area contributed by atoms with Crippen LogP contribution in [0.25, 0.3) is 0 Å². The van der Waals surface area contributed by atoms with Crippen LogP contribution in [0.3, 0.4) is 0 Å². The second kappa shape index (κ2) is 3.97. The molecule has 1 N–H and O–H groups in total. The van der Waals surface area contributed by atoms with E-state index in [4.69, 9.17) is 0 Å². The predicted octanol–water partition coefficient (Wildman–Crippen LogP) is 2.42. The first kappa shape index (κ1) is 10.3. The highest BCUT2D eigenvalue weighted by Gasteiger charge is 2.22. The molecule has 1 rings (SSSR count). The van der Waals surface area contributed by atoms with Crippen molar-refractivity contribution in [2.75, 3.05) is 12.3 Å². The Kier molecular flexibility index (Phi) is 3.16. The maximum absolute atomic E-state index is 12.2. The first-order chi connectivity index (χ1) is 6.14. The lowest BCUT2D eigenvalue weighted by molar-refractivity contribution is 0.478. The van der Waals surface area contributed by atoms with Crippen molar-refractivity contribution in [3.63, 3.8) is 0 Å². The average Bonchev–Trinajstić information content (AvgIpc) is 2.17. The number of para-hydroxylation sites is 1. The van der Waals surface area contributed by atoms with Crippen LogP contribution in [-0.2, 0) is 4.57 Å². The first-order valence-corrected chi connectivity index (χ1v) is 6.58. The van der Waals surface area contributed by atoms with Crippen LogP contribution >= 0.6 is 7.14 Å². The SMILES string of the molecule is CCP(=O)(CC)c1ccccc1O. The Balaban J connectivity index is 3.20. The molecule has 72 valence electrons. The van der Waals surface area contributed by atoms with Gasteiger partial charge in [0.25, 0.3) is 0 Å². The molecule has 0 fully saturated rings. The highest BCUT2D eigenvalue weighted by Crippen LogP contribution is 2.45.